The Balaban J connectivity index is 1.80. The molecule has 28 heavy (non-hydrogen) atoms. The summed E-state index contributed by atoms with van der Waals surface area (Å²) >= 11 is 14.1. The Bertz CT molecular complexity index is 1120. The Kier molecular flexibility index (Phi) is 5.59. The predicted octanol–water partition coefficient (Wildman–Crippen LogP) is 4.52. The molecule has 1 aliphatic heterocycles. The van der Waals surface area contributed by atoms with Gasteiger partial charge in [-0.1, -0.05) is 34.5 Å². The number of benzene rings is 2. The maximum absolute atomic E-state index is 12.8. The first-order chi connectivity index (χ1) is 13.6. The number of hydrogen-bond donors (Lipinski definition) is 0. The molecule has 0 bridgehead atoms. The minimum Gasteiger partial charge on any atom is -0.454 e. The summed E-state index contributed by atoms with van der Waals surface area (Å²) in [6.07, 6.45) is 0. The molecule has 0 unspecified atom stereocenters. The fraction of sp³-hybridized carbons (Fsp3) is 0.263. The zero-order valence-electron chi connectivity index (χ0n) is 14.9. The van der Waals surface area contributed by atoms with Crippen LogP contribution in [0.1, 0.15) is 17.3 Å². The molecule has 9 heteroatoms. The first-order valence-electron chi connectivity index (χ1n) is 8.62. The van der Waals surface area contributed by atoms with Gasteiger partial charge in [0.25, 0.3) is 5.91 Å². The third-order valence-corrected chi connectivity index (χ3v) is 6.05. The molecule has 6 nitrogen and oxygen atoms in total. The van der Waals surface area contributed by atoms with E-state index in [9.17, 15) is 4.79 Å². The molecule has 0 atom stereocenters. The second-order valence-corrected chi connectivity index (χ2v) is 7.72. The number of nitrogens with zero attached hydrogens (tertiary/aromatic N) is 2. The number of ether oxygens (including phenoxy) is 3. The summed E-state index contributed by atoms with van der Waals surface area (Å²) in [6, 6.07) is 8.47. The van der Waals surface area contributed by atoms with Gasteiger partial charge in [-0.05, 0) is 37.3 Å². The van der Waals surface area contributed by atoms with Gasteiger partial charge < -0.3 is 18.8 Å². The Labute approximate surface area is 174 Å². The lowest BCUT2D eigenvalue weighted by atomic mass is 10.2. The molecular weight excluding hydrogens is 423 g/mol. The molecule has 0 fully saturated rings. The van der Waals surface area contributed by atoms with Crippen LogP contribution in [0.3, 0.4) is 0 Å². The van der Waals surface area contributed by atoms with E-state index in [0.717, 1.165) is 10.2 Å². The van der Waals surface area contributed by atoms with E-state index in [1.165, 1.54) is 11.3 Å². The van der Waals surface area contributed by atoms with Gasteiger partial charge in [-0.25, -0.2) is 0 Å². The van der Waals surface area contributed by atoms with Crippen LogP contribution in [0.2, 0.25) is 10.0 Å². The summed E-state index contributed by atoms with van der Waals surface area (Å²) in [6.45, 7) is 3.64. The van der Waals surface area contributed by atoms with Crippen LogP contribution in [0.15, 0.2) is 35.3 Å². The summed E-state index contributed by atoms with van der Waals surface area (Å²) < 4.78 is 18.7. The largest absolute Gasteiger partial charge is 0.454 e. The molecule has 3 aromatic rings. The third-order valence-electron chi connectivity index (χ3n) is 4.21. The van der Waals surface area contributed by atoms with Crippen molar-refractivity contribution in [3.8, 4) is 11.5 Å². The highest BCUT2D eigenvalue weighted by Crippen LogP contribution is 2.33. The minimum atomic E-state index is -0.387. The van der Waals surface area contributed by atoms with Gasteiger partial charge >= 0.3 is 0 Å². The van der Waals surface area contributed by atoms with Crippen LogP contribution < -0.4 is 14.3 Å². The summed E-state index contributed by atoms with van der Waals surface area (Å²) in [5.41, 5.74) is 1.16. The second-order valence-electron chi connectivity index (χ2n) is 5.93. The molecule has 2 heterocycles. The highest BCUT2D eigenvalue weighted by molar-refractivity contribution is 7.17. The normalized spacial score (nSPS) is 13.5. The number of halogens is 2. The number of rotatable bonds is 5. The highest BCUT2D eigenvalue weighted by atomic mass is 35.5. The zero-order chi connectivity index (χ0) is 19.7. The summed E-state index contributed by atoms with van der Waals surface area (Å²) in [5.74, 6) is 0.763. The lowest BCUT2D eigenvalue weighted by molar-refractivity contribution is 0.0996. The molecule has 0 spiro atoms. The number of aromatic nitrogens is 1. The van der Waals surface area contributed by atoms with Crippen molar-refractivity contribution >= 4 is 50.7 Å². The Morgan fingerprint density at radius 1 is 1.21 bits per heavy atom. The van der Waals surface area contributed by atoms with Gasteiger partial charge in [0.15, 0.2) is 16.3 Å². The first kappa shape index (κ1) is 19.3. The van der Waals surface area contributed by atoms with E-state index in [0.29, 0.717) is 51.7 Å². The van der Waals surface area contributed by atoms with Crippen LogP contribution >= 0.6 is 34.5 Å². The van der Waals surface area contributed by atoms with E-state index in [1.807, 2.05) is 11.5 Å². The van der Waals surface area contributed by atoms with Crippen LogP contribution in [0.4, 0.5) is 0 Å². The van der Waals surface area contributed by atoms with Crippen molar-refractivity contribution in [2.75, 3.05) is 20.0 Å². The second kappa shape index (κ2) is 8.13. The van der Waals surface area contributed by atoms with Crippen molar-refractivity contribution in [1.29, 1.82) is 0 Å². The molecule has 0 saturated heterocycles. The summed E-state index contributed by atoms with van der Waals surface area (Å²) in [7, 11) is 0. The quantitative estimate of drug-likeness (QED) is 0.549. The van der Waals surface area contributed by atoms with Crippen molar-refractivity contribution in [3.63, 3.8) is 0 Å². The zero-order valence-corrected chi connectivity index (χ0v) is 17.2. The summed E-state index contributed by atoms with van der Waals surface area (Å²) in [5, 5.41) is 1.11. The molecule has 1 aromatic heterocycles. The topological polar surface area (TPSA) is 62.1 Å². The minimum absolute atomic E-state index is 0.148. The number of carbonyl (C=O) groups is 1. The number of thiazole rings is 1. The fourth-order valence-corrected chi connectivity index (χ4v) is 4.55. The van der Waals surface area contributed by atoms with Crippen LogP contribution in [-0.4, -0.2) is 30.5 Å². The van der Waals surface area contributed by atoms with E-state index in [4.69, 9.17) is 37.4 Å². The predicted molar refractivity (Wildman–Crippen MR) is 109 cm³/mol. The molecule has 2 aromatic carbocycles. The van der Waals surface area contributed by atoms with Gasteiger partial charge in [0, 0.05) is 18.7 Å². The van der Waals surface area contributed by atoms with Gasteiger partial charge in [-0.15, -0.1) is 0 Å². The van der Waals surface area contributed by atoms with Crippen LogP contribution in [0, 0.1) is 0 Å². The molecule has 1 amide bonds. The van der Waals surface area contributed by atoms with E-state index in [1.54, 1.807) is 30.3 Å². The average molecular weight is 439 g/mol. The van der Waals surface area contributed by atoms with Crippen molar-refractivity contribution in [1.82, 2.24) is 4.57 Å². The van der Waals surface area contributed by atoms with Gasteiger partial charge in [-0.2, -0.15) is 4.99 Å². The Hall–Kier alpha value is -2.06. The lowest BCUT2D eigenvalue weighted by Gasteiger charge is -2.07. The monoisotopic (exact) mass is 438 g/mol. The fourth-order valence-electron chi connectivity index (χ4n) is 2.88. The molecule has 0 radical (unpaired) electrons. The highest BCUT2D eigenvalue weighted by Gasteiger charge is 2.17. The van der Waals surface area contributed by atoms with Crippen molar-refractivity contribution < 1.29 is 19.0 Å². The number of hydrogen-bond acceptors (Lipinski definition) is 5. The van der Waals surface area contributed by atoms with E-state index in [2.05, 4.69) is 4.99 Å². The van der Waals surface area contributed by atoms with Gasteiger partial charge in [0.05, 0.1) is 26.9 Å². The van der Waals surface area contributed by atoms with Crippen molar-refractivity contribution in [2.45, 2.75) is 13.5 Å². The third kappa shape index (κ3) is 3.63. The maximum Gasteiger partial charge on any atom is 0.279 e. The molecule has 4 rings (SSSR count). The van der Waals surface area contributed by atoms with Crippen molar-refractivity contribution in [3.05, 3.63) is 50.7 Å². The molecule has 0 saturated carbocycles. The number of fused-ring (bicyclic) bond motifs is 2. The van der Waals surface area contributed by atoms with Crippen molar-refractivity contribution in [2.24, 2.45) is 4.99 Å². The maximum atomic E-state index is 12.8. The van der Waals surface area contributed by atoms with Gasteiger partial charge in [0.2, 0.25) is 6.79 Å². The Morgan fingerprint density at radius 2 is 2.00 bits per heavy atom. The van der Waals surface area contributed by atoms with E-state index in [-0.39, 0.29) is 12.7 Å². The van der Waals surface area contributed by atoms with Crippen LogP contribution in [0.25, 0.3) is 10.2 Å². The molecule has 0 aliphatic carbocycles. The number of carbonyl (C=O) groups excluding carboxylic acids is 1. The molecule has 0 N–H and O–H groups in total. The first-order valence-corrected chi connectivity index (χ1v) is 10.2. The molecule has 146 valence electrons. The summed E-state index contributed by atoms with van der Waals surface area (Å²) in [4.78, 5) is 17.6. The van der Waals surface area contributed by atoms with Gasteiger partial charge in [-0.3, -0.25) is 4.79 Å². The molecular formula is C19H16Cl2N2O4S. The number of amides is 1. The molecule has 1 aliphatic rings. The van der Waals surface area contributed by atoms with E-state index < -0.39 is 0 Å². The standard InChI is InChI=1S/C19H16Cl2N2O4S/c1-2-25-8-7-23-16-12(20)4-5-13(21)17(16)28-19(23)22-18(24)11-3-6-14-15(9-11)27-10-26-14/h3-6,9H,2,7-8,10H2,1H3. The lowest BCUT2D eigenvalue weighted by Crippen LogP contribution is -2.20. The Morgan fingerprint density at radius 3 is 2.82 bits per heavy atom. The van der Waals surface area contributed by atoms with Crippen LogP contribution in [0.5, 0.6) is 11.5 Å². The van der Waals surface area contributed by atoms with Gasteiger partial charge in [0.1, 0.15) is 0 Å². The SMILES string of the molecule is CCOCCn1c(=NC(=O)c2ccc3c(c2)OCO3)sc2c(Cl)ccc(Cl)c21. The van der Waals surface area contributed by atoms with E-state index >= 15 is 0 Å². The van der Waals surface area contributed by atoms with Crippen LogP contribution in [-0.2, 0) is 11.3 Å². The smallest absolute Gasteiger partial charge is 0.279 e. The average Bonchev–Trinajstić information content (AvgIpc) is 3.30.